The van der Waals surface area contributed by atoms with Crippen LogP contribution in [0.5, 0.6) is 0 Å². The predicted octanol–water partition coefficient (Wildman–Crippen LogP) is 4.44. The Morgan fingerprint density at radius 1 is 1.29 bits per heavy atom. The van der Waals surface area contributed by atoms with Gasteiger partial charge in [0.05, 0.1) is 0 Å². The molecule has 0 aliphatic heterocycles. The Morgan fingerprint density at radius 2 is 2.00 bits per heavy atom. The fraction of sp³-hybridized carbons (Fsp3) is 0.667. The van der Waals surface area contributed by atoms with Crippen molar-refractivity contribution in [3.8, 4) is 0 Å². The molecule has 0 saturated heterocycles. The topological polar surface area (TPSA) is 15.3 Å². The summed E-state index contributed by atoms with van der Waals surface area (Å²) in [4.78, 5) is 2.48. The van der Waals surface area contributed by atoms with E-state index < -0.39 is 0 Å². The van der Waals surface area contributed by atoms with Crippen molar-refractivity contribution in [2.45, 2.75) is 52.1 Å². The summed E-state index contributed by atoms with van der Waals surface area (Å²) in [5, 5.41) is 3.74. The molecule has 2 rings (SSSR count). The predicted molar refractivity (Wildman–Crippen MR) is 94.5 cm³/mol. The van der Waals surface area contributed by atoms with Gasteiger partial charge in [0.15, 0.2) is 0 Å². The molecule has 0 aromatic heterocycles. The van der Waals surface area contributed by atoms with Gasteiger partial charge in [0, 0.05) is 30.1 Å². The fourth-order valence-electron chi connectivity index (χ4n) is 3.00. The largest absolute Gasteiger partial charge is 0.313 e. The zero-order chi connectivity index (χ0) is 15.3. The molecule has 1 N–H and O–H groups in total. The van der Waals surface area contributed by atoms with Crippen LogP contribution < -0.4 is 5.32 Å². The SMILES string of the molecule is CCC(CC)(CNC1CC1)CN(C)Cc1cccc(Br)c1. The third kappa shape index (κ3) is 5.39. The first-order chi connectivity index (χ1) is 10.1. The van der Waals surface area contributed by atoms with Gasteiger partial charge in [0.25, 0.3) is 0 Å². The van der Waals surface area contributed by atoms with Gasteiger partial charge in [-0.25, -0.2) is 0 Å². The molecular formula is C18H29BrN2. The standard InChI is InChI=1S/C18H29BrN2/c1-4-18(5-2,13-20-17-9-10-17)14-21(3)12-15-7-6-8-16(19)11-15/h6-8,11,17,20H,4-5,9-10,12-14H2,1-3H3. The maximum atomic E-state index is 3.74. The van der Waals surface area contributed by atoms with Crippen molar-refractivity contribution in [2.75, 3.05) is 20.1 Å². The second kappa shape index (κ2) is 7.75. The van der Waals surface area contributed by atoms with Crippen molar-refractivity contribution in [1.29, 1.82) is 0 Å². The van der Waals surface area contributed by atoms with E-state index in [4.69, 9.17) is 0 Å². The van der Waals surface area contributed by atoms with Gasteiger partial charge in [0.2, 0.25) is 0 Å². The zero-order valence-electron chi connectivity index (χ0n) is 13.7. The van der Waals surface area contributed by atoms with Crippen LogP contribution in [0.4, 0.5) is 0 Å². The van der Waals surface area contributed by atoms with Crippen molar-refractivity contribution in [3.63, 3.8) is 0 Å². The fourth-order valence-corrected chi connectivity index (χ4v) is 3.45. The average Bonchev–Trinajstić information content (AvgIpc) is 3.28. The van der Waals surface area contributed by atoms with E-state index in [2.05, 4.69) is 71.3 Å². The molecule has 3 heteroatoms. The molecule has 1 aromatic carbocycles. The van der Waals surface area contributed by atoms with E-state index in [-0.39, 0.29) is 0 Å². The molecule has 0 unspecified atom stereocenters. The number of halogens is 1. The summed E-state index contributed by atoms with van der Waals surface area (Å²) in [6.07, 6.45) is 5.23. The highest BCUT2D eigenvalue weighted by Gasteiger charge is 2.30. The van der Waals surface area contributed by atoms with Crippen LogP contribution >= 0.6 is 15.9 Å². The lowest BCUT2D eigenvalue weighted by Gasteiger charge is -2.36. The number of hydrogen-bond acceptors (Lipinski definition) is 2. The Balaban J connectivity index is 1.91. The van der Waals surface area contributed by atoms with Gasteiger partial charge in [-0.3, -0.25) is 0 Å². The quantitative estimate of drug-likeness (QED) is 0.706. The van der Waals surface area contributed by atoms with Crippen LogP contribution in [-0.2, 0) is 6.54 Å². The van der Waals surface area contributed by atoms with E-state index >= 15 is 0 Å². The molecule has 0 heterocycles. The summed E-state index contributed by atoms with van der Waals surface area (Å²) < 4.78 is 1.17. The monoisotopic (exact) mass is 352 g/mol. The molecule has 0 radical (unpaired) electrons. The van der Waals surface area contributed by atoms with Crippen LogP contribution in [0, 0.1) is 5.41 Å². The molecule has 2 nitrogen and oxygen atoms in total. The highest BCUT2D eigenvalue weighted by atomic mass is 79.9. The Kier molecular flexibility index (Phi) is 6.27. The van der Waals surface area contributed by atoms with E-state index in [1.807, 2.05) is 0 Å². The number of hydrogen-bond donors (Lipinski definition) is 1. The maximum Gasteiger partial charge on any atom is 0.0231 e. The Bertz CT molecular complexity index is 439. The maximum absolute atomic E-state index is 3.74. The minimum Gasteiger partial charge on any atom is -0.313 e. The molecule has 0 atom stereocenters. The van der Waals surface area contributed by atoms with E-state index in [1.165, 1.54) is 35.7 Å². The van der Waals surface area contributed by atoms with Gasteiger partial charge in [-0.15, -0.1) is 0 Å². The van der Waals surface area contributed by atoms with Crippen molar-refractivity contribution >= 4 is 15.9 Å². The molecule has 0 spiro atoms. The Labute approximate surface area is 138 Å². The molecule has 0 bridgehead atoms. The molecule has 1 aromatic rings. The molecule has 118 valence electrons. The smallest absolute Gasteiger partial charge is 0.0231 e. The molecular weight excluding hydrogens is 324 g/mol. The number of nitrogens with zero attached hydrogens (tertiary/aromatic N) is 1. The first-order valence-electron chi connectivity index (χ1n) is 8.23. The Morgan fingerprint density at radius 3 is 2.57 bits per heavy atom. The third-order valence-corrected chi connectivity index (χ3v) is 5.28. The minimum atomic E-state index is 0.406. The summed E-state index contributed by atoms with van der Waals surface area (Å²) in [7, 11) is 2.25. The highest BCUT2D eigenvalue weighted by Crippen LogP contribution is 2.29. The lowest BCUT2D eigenvalue weighted by molar-refractivity contribution is 0.150. The van der Waals surface area contributed by atoms with Crippen molar-refractivity contribution in [3.05, 3.63) is 34.3 Å². The van der Waals surface area contributed by atoms with Crippen molar-refractivity contribution in [2.24, 2.45) is 5.41 Å². The van der Waals surface area contributed by atoms with Crippen LogP contribution in [0.1, 0.15) is 45.1 Å². The second-order valence-electron chi connectivity index (χ2n) is 6.66. The van der Waals surface area contributed by atoms with Gasteiger partial charge in [-0.2, -0.15) is 0 Å². The average molecular weight is 353 g/mol. The van der Waals surface area contributed by atoms with E-state index in [9.17, 15) is 0 Å². The van der Waals surface area contributed by atoms with E-state index in [1.54, 1.807) is 0 Å². The van der Waals surface area contributed by atoms with Crippen molar-refractivity contribution in [1.82, 2.24) is 10.2 Å². The first-order valence-corrected chi connectivity index (χ1v) is 9.02. The highest BCUT2D eigenvalue weighted by molar-refractivity contribution is 9.10. The normalized spacial score (nSPS) is 15.7. The minimum absolute atomic E-state index is 0.406. The summed E-state index contributed by atoms with van der Waals surface area (Å²) >= 11 is 3.56. The van der Waals surface area contributed by atoms with E-state index in [0.717, 1.165) is 25.7 Å². The number of rotatable bonds is 9. The zero-order valence-corrected chi connectivity index (χ0v) is 15.2. The lowest BCUT2D eigenvalue weighted by Crippen LogP contribution is -2.42. The third-order valence-electron chi connectivity index (χ3n) is 4.79. The van der Waals surface area contributed by atoms with Gasteiger partial charge in [-0.05, 0) is 55.8 Å². The molecule has 1 fully saturated rings. The van der Waals surface area contributed by atoms with E-state index in [0.29, 0.717) is 5.41 Å². The molecule has 0 amide bonds. The lowest BCUT2D eigenvalue weighted by atomic mass is 9.81. The van der Waals surface area contributed by atoms with Crippen LogP contribution in [-0.4, -0.2) is 31.1 Å². The summed E-state index contributed by atoms with van der Waals surface area (Å²) in [6, 6.07) is 9.44. The molecule has 1 saturated carbocycles. The van der Waals surface area contributed by atoms with Gasteiger partial charge in [-0.1, -0.05) is 41.9 Å². The number of benzene rings is 1. The summed E-state index contributed by atoms with van der Waals surface area (Å²) in [5.41, 5.74) is 1.78. The van der Waals surface area contributed by atoms with Gasteiger partial charge >= 0.3 is 0 Å². The van der Waals surface area contributed by atoms with Gasteiger partial charge < -0.3 is 10.2 Å². The van der Waals surface area contributed by atoms with Crippen molar-refractivity contribution < 1.29 is 0 Å². The van der Waals surface area contributed by atoms with Crippen LogP contribution in [0.25, 0.3) is 0 Å². The molecule has 21 heavy (non-hydrogen) atoms. The molecule has 1 aliphatic carbocycles. The Hall–Kier alpha value is -0.380. The van der Waals surface area contributed by atoms with Crippen LogP contribution in [0.3, 0.4) is 0 Å². The summed E-state index contributed by atoms with van der Waals surface area (Å²) in [5.74, 6) is 0. The molecule has 1 aliphatic rings. The number of nitrogens with one attached hydrogen (secondary N) is 1. The van der Waals surface area contributed by atoms with Gasteiger partial charge in [0.1, 0.15) is 0 Å². The first kappa shape index (κ1) is 17.0. The summed E-state index contributed by atoms with van der Waals surface area (Å²) in [6.45, 7) is 8.01. The van der Waals surface area contributed by atoms with Crippen LogP contribution in [0.2, 0.25) is 0 Å². The van der Waals surface area contributed by atoms with Crippen LogP contribution in [0.15, 0.2) is 28.7 Å². The second-order valence-corrected chi connectivity index (χ2v) is 7.58.